The SMILES string of the molecule is CCc1ccccc1NC(=O)CN(C)C(=O)C[NH+](C)Cc1ccc(SC)cc1. The van der Waals surface area contributed by atoms with Gasteiger partial charge in [-0.15, -0.1) is 11.8 Å². The van der Waals surface area contributed by atoms with Gasteiger partial charge in [-0.05, 0) is 36.4 Å². The van der Waals surface area contributed by atoms with Gasteiger partial charge in [0.05, 0.1) is 13.6 Å². The molecular weight excluding hydrogens is 370 g/mol. The fraction of sp³-hybridized carbons (Fsp3) is 0.364. The van der Waals surface area contributed by atoms with Gasteiger partial charge in [-0.25, -0.2) is 0 Å². The number of para-hydroxylation sites is 1. The van der Waals surface area contributed by atoms with Gasteiger partial charge in [0, 0.05) is 23.2 Å². The van der Waals surface area contributed by atoms with E-state index in [1.165, 1.54) is 15.4 Å². The third-order valence-electron chi connectivity index (χ3n) is 4.60. The summed E-state index contributed by atoms with van der Waals surface area (Å²) in [6.07, 6.45) is 2.90. The van der Waals surface area contributed by atoms with E-state index in [4.69, 9.17) is 0 Å². The monoisotopic (exact) mass is 400 g/mol. The Morgan fingerprint density at radius 2 is 1.79 bits per heavy atom. The van der Waals surface area contributed by atoms with E-state index in [-0.39, 0.29) is 18.4 Å². The van der Waals surface area contributed by atoms with Crippen LogP contribution in [0.3, 0.4) is 0 Å². The zero-order valence-corrected chi connectivity index (χ0v) is 17.9. The molecule has 0 heterocycles. The molecule has 0 aliphatic rings. The zero-order chi connectivity index (χ0) is 20.5. The lowest BCUT2D eigenvalue weighted by molar-refractivity contribution is -0.885. The molecule has 0 aromatic heterocycles. The van der Waals surface area contributed by atoms with Crippen molar-refractivity contribution in [3.8, 4) is 0 Å². The number of amides is 2. The number of nitrogens with zero attached hydrogens (tertiary/aromatic N) is 1. The predicted molar refractivity (Wildman–Crippen MR) is 116 cm³/mol. The van der Waals surface area contributed by atoms with Gasteiger partial charge < -0.3 is 15.1 Å². The van der Waals surface area contributed by atoms with E-state index in [1.807, 2.05) is 38.2 Å². The Labute approximate surface area is 172 Å². The maximum absolute atomic E-state index is 12.5. The molecule has 150 valence electrons. The lowest BCUT2D eigenvalue weighted by atomic mass is 10.1. The van der Waals surface area contributed by atoms with E-state index in [1.54, 1.807) is 18.8 Å². The average Bonchev–Trinajstić information content (AvgIpc) is 2.68. The molecule has 0 aliphatic carbocycles. The number of carbonyl (C=O) groups excluding carboxylic acids is 2. The number of thioether (sulfide) groups is 1. The van der Waals surface area contributed by atoms with Gasteiger partial charge in [0.2, 0.25) is 5.91 Å². The van der Waals surface area contributed by atoms with Crippen molar-refractivity contribution >= 4 is 29.3 Å². The Morgan fingerprint density at radius 1 is 1.11 bits per heavy atom. The molecule has 0 bridgehead atoms. The highest BCUT2D eigenvalue weighted by molar-refractivity contribution is 7.98. The number of quaternary nitrogens is 1. The summed E-state index contributed by atoms with van der Waals surface area (Å²) >= 11 is 1.71. The van der Waals surface area contributed by atoms with Crippen LogP contribution in [0.25, 0.3) is 0 Å². The lowest BCUT2D eigenvalue weighted by Crippen LogP contribution is -3.08. The lowest BCUT2D eigenvalue weighted by Gasteiger charge is -2.20. The second-order valence-electron chi connectivity index (χ2n) is 6.97. The zero-order valence-electron chi connectivity index (χ0n) is 17.1. The molecule has 2 amide bonds. The summed E-state index contributed by atoms with van der Waals surface area (Å²) in [6, 6.07) is 16.1. The maximum Gasteiger partial charge on any atom is 0.277 e. The van der Waals surface area contributed by atoms with E-state index < -0.39 is 0 Å². The smallest absolute Gasteiger partial charge is 0.277 e. The highest BCUT2D eigenvalue weighted by atomic mass is 32.2. The second-order valence-corrected chi connectivity index (χ2v) is 7.85. The summed E-state index contributed by atoms with van der Waals surface area (Å²) in [7, 11) is 3.67. The first kappa shape index (κ1) is 22.0. The van der Waals surface area contributed by atoms with Crippen LogP contribution in [0.2, 0.25) is 0 Å². The highest BCUT2D eigenvalue weighted by Crippen LogP contribution is 2.15. The molecule has 5 nitrogen and oxygen atoms in total. The van der Waals surface area contributed by atoms with Crippen LogP contribution in [-0.4, -0.2) is 50.2 Å². The molecular formula is C22H30N3O2S+. The summed E-state index contributed by atoms with van der Waals surface area (Å²) in [4.78, 5) is 28.6. The number of rotatable bonds is 9. The van der Waals surface area contributed by atoms with Gasteiger partial charge in [0.25, 0.3) is 5.91 Å². The van der Waals surface area contributed by atoms with Gasteiger partial charge in [0.15, 0.2) is 6.54 Å². The van der Waals surface area contributed by atoms with Crippen molar-refractivity contribution in [2.45, 2.75) is 24.8 Å². The van der Waals surface area contributed by atoms with Crippen molar-refractivity contribution in [2.75, 3.05) is 38.8 Å². The van der Waals surface area contributed by atoms with Crippen molar-refractivity contribution in [1.29, 1.82) is 0 Å². The summed E-state index contributed by atoms with van der Waals surface area (Å²) in [6.45, 7) is 3.21. The molecule has 2 aromatic carbocycles. The minimum Gasteiger partial charge on any atom is -0.332 e. The van der Waals surface area contributed by atoms with E-state index >= 15 is 0 Å². The third-order valence-corrected chi connectivity index (χ3v) is 5.34. The highest BCUT2D eigenvalue weighted by Gasteiger charge is 2.18. The van der Waals surface area contributed by atoms with Crippen LogP contribution >= 0.6 is 11.8 Å². The van der Waals surface area contributed by atoms with Gasteiger partial charge in [0.1, 0.15) is 6.54 Å². The summed E-state index contributed by atoms with van der Waals surface area (Å²) in [5.41, 5.74) is 3.09. The summed E-state index contributed by atoms with van der Waals surface area (Å²) in [5.74, 6) is -0.223. The number of nitrogens with one attached hydrogen (secondary N) is 2. The van der Waals surface area contributed by atoms with Crippen molar-refractivity contribution < 1.29 is 14.5 Å². The molecule has 1 unspecified atom stereocenters. The van der Waals surface area contributed by atoms with E-state index in [0.29, 0.717) is 6.54 Å². The van der Waals surface area contributed by atoms with E-state index in [2.05, 4.69) is 35.8 Å². The molecule has 6 heteroatoms. The number of anilines is 1. The Hall–Kier alpha value is -2.31. The van der Waals surface area contributed by atoms with Gasteiger partial charge in [-0.3, -0.25) is 9.59 Å². The number of likely N-dealkylation sites (N-methyl/N-ethyl adjacent to an activating group) is 2. The summed E-state index contributed by atoms with van der Waals surface area (Å²) < 4.78 is 0. The number of hydrogen-bond acceptors (Lipinski definition) is 3. The fourth-order valence-electron chi connectivity index (χ4n) is 2.99. The number of aryl methyl sites for hydroxylation is 1. The Bertz CT molecular complexity index is 793. The number of benzene rings is 2. The van der Waals surface area contributed by atoms with Crippen molar-refractivity contribution in [1.82, 2.24) is 4.90 Å². The van der Waals surface area contributed by atoms with Gasteiger partial charge in [-0.1, -0.05) is 37.3 Å². The van der Waals surface area contributed by atoms with Crippen molar-refractivity contribution in [3.63, 3.8) is 0 Å². The first-order valence-electron chi connectivity index (χ1n) is 9.48. The molecule has 1 atom stereocenters. The van der Waals surface area contributed by atoms with Crippen LogP contribution in [0.4, 0.5) is 5.69 Å². The van der Waals surface area contributed by atoms with E-state index in [9.17, 15) is 9.59 Å². The molecule has 0 saturated carbocycles. The maximum atomic E-state index is 12.5. The molecule has 2 rings (SSSR count). The predicted octanol–water partition coefficient (Wildman–Crippen LogP) is 2.08. The van der Waals surface area contributed by atoms with Gasteiger partial charge in [-0.2, -0.15) is 0 Å². The Balaban J connectivity index is 1.83. The number of carbonyl (C=O) groups is 2. The normalized spacial score (nSPS) is 11.7. The molecule has 0 fully saturated rings. The van der Waals surface area contributed by atoms with Crippen LogP contribution in [0, 0.1) is 0 Å². The minimum atomic E-state index is -0.179. The Morgan fingerprint density at radius 3 is 2.43 bits per heavy atom. The molecule has 28 heavy (non-hydrogen) atoms. The largest absolute Gasteiger partial charge is 0.332 e. The van der Waals surface area contributed by atoms with E-state index in [0.717, 1.165) is 29.1 Å². The van der Waals surface area contributed by atoms with Crippen LogP contribution in [0.1, 0.15) is 18.1 Å². The minimum absolute atomic E-state index is 0.0443. The van der Waals surface area contributed by atoms with Crippen LogP contribution in [-0.2, 0) is 22.6 Å². The molecule has 0 aliphatic heterocycles. The Kier molecular flexibility index (Phi) is 8.54. The third kappa shape index (κ3) is 6.69. The van der Waals surface area contributed by atoms with Crippen LogP contribution in [0.5, 0.6) is 0 Å². The summed E-state index contributed by atoms with van der Waals surface area (Å²) in [5, 5.41) is 2.91. The molecule has 0 spiro atoms. The van der Waals surface area contributed by atoms with Crippen molar-refractivity contribution in [2.24, 2.45) is 0 Å². The second kappa shape index (κ2) is 10.9. The van der Waals surface area contributed by atoms with Gasteiger partial charge >= 0.3 is 0 Å². The average molecular weight is 401 g/mol. The first-order chi connectivity index (χ1) is 13.4. The topological polar surface area (TPSA) is 53.9 Å². The molecule has 2 N–H and O–H groups in total. The van der Waals surface area contributed by atoms with Crippen LogP contribution < -0.4 is 10.2 Å². The number of hydrogen-bond donors (Lipinski definition) is 2. The molecule has 2 aromatic rings. The molecule has 0 radical (unpaired) electrons. The van der Waals surface area contributed by atoms with Crippen molar-refractivity contribution in [3.05, 3.63) is 59.7 Å². The first-order valence-corrected chi connectivity index (χ1v) is 10.7. The molecule has 0 saturated heterocycles. The van der Waals surface area contributed by atoms with Crippen LogP contribution in [0.15, 0.2) is 53.4 Å². The fourth-order valence-corrected chi connectivity index (χ4v) is 3.40. The standard InChI is InChI=1S/C22H29N3O2S/c1-5-18-8-6-7-9-20(18)23-21(26)15-25(3)22(27)16-24(2)14-17-10-12-19(28-4)13-11-17/h6-13H,5,14-16H2,1-4H3,(H,23,26)/p+1. The quantitative estimate of drug-likeness (QED) is 0.634.